The molecular formula is C15H11BrN4O3S. The third-order valence-electron chi connectivity index (χ3n) is 2.88. The average Bonchev–Trinajstić information content (AvgIpc) is 3.23. The van der Waals surface area contributed by atoms with E-state index in [9.17, 15) is 9.59 Å². The molecule has 0 fully saturated rings. The van der Waals surface area contributed by atoms with Crippen molar-refractivity contribution < 1.29 is 14.0 Å². The Bertz CT molecular complexity index is 862. The number of hydrogen-bond donors (Lipinski definition) is 2. The number of anilines is 1. The van der Waals surface area contributed by atoms with Gasteiger partial charge in [-0.25, -0.2) is 4.98 Å². The molecule has 0 aromatic carbocycles. The normalized spacial score (nSPS) is 10.4. The van der Waals surface area contributed by atoms with Crippen LogP contribution in [0.25, 0.3) is 11.4 Å². The molecule has 0 unspecified atom stereocenters. The molecule has 3 heterocycles. The Kier molecular flexibility index (Phi) is 5.02. The van der Waals surface area contributed by atoms with Crippen LogP contribution in [0, 0.1) is 0 Å². The van der Waals surface area contributed by atoms with Gasteiger partial charge in [0.2, 0.25) is 5.91 Å². The molecular weight excluding hydrogens is 396 g/mol. The zero-order chi connectivity index (χ0) is 16.9. The summed E-state index contributed by atoms with van der Waals surface area (Å²) < 4.78 is 5.55. The first-order chi connectivity index (χ1) is 11.6. The number of hydrogen-bond acceptors (Lipinski definition) is 6. The second-order valence-corrected chi connectivity index (χ2v) is 6.23. The molecule has 0 spiro atoms. The zero-order valence-corrected chi connectivity index (χ0v) is 14.6. The lowest BCUT2D eigenvalue weighted by atomic mass is 10.3. The van der Waals surface area contributed by atoms with Gasteiger partial charge in [-0.05, 0) is 40.2 Å². The first-order valence-electron chi connectivity index (χ1n) is 6.82. The quantitative estimate of drug-likeness (QED) is 0.678. The van der Waals surface area contributed by atoms with Crippen LogP contribution in [-0.4, -0.2) is 28.3 Å². The van der Waals surface area contributed by atoms with Gasteiger partial charge in [-0.3, -0.25) is 14.6 Å². The summed E-state index contributed by atoms with van der Waals surface area (Å²) in [5, 5.41) is 7.34. The van der Waals surface area contributed by atoms with Crippen LogP contribution < -0.4 is 10.6 Å². The van der Waals surface area contributed by atoms with Crippen molar-refractivity contribution >= 4 is 44.2 Å². The molecule has 0 aliphatic carbocycles. The number of carbonyl (C=O) groups is 2. The fourth-order valence-electron chi connectivity index (χ4n) is 1.81. The summed E-state index contributed by atoms with van der Waals surface area (Å²) in [5.74, 6) is -0.721. The molecule has 0 aliphatic rings. The predicted molar refractivity (Wildman–Crippen MR) is 92.7 cm³/mol. The summed E-state index contributed by atoms with van der Waals surface area (Å²) in [6.45, 7) is -0.185. The first-order valence-corrected chi connectivity index (χ1v) is 8.49. The summed E-state index contributed by atoms with van der Waals surface area (Å²) in [6.07, 6.45) is 1.68. The van der Waals surface area contributed by atoms with E-state index >= 15 is 0 Å². The molecule has 2 amide bonds. The van der Waals surface area contributed by atoms with E-state index in [0.717, 1.165) is 5.69 Å². The summed E-state index contributed by atoms with van der Waals surface area (Å²) >= 11 is 4.39. The second-order valence-electron chi connectivity index (χ2n) is 4.59. The van der Waals surface area contributed by atoms with Crippen LogP contribution in [0.4, 0.5) is 5.13 Å². The Morgan fingerprint density at radius 3 is 2.79 bits per heavy atom. The third kappa shape index (κ3) is 4.06. The van der Waals surface area contributed by atoms with Crippen LogP contribution in [0.5, 0.6) is 0 Å². The van der Waals surface area contributed by atoms with Crippen LogP contribution in [0.1, 0.15) is 10.6 Å². The fourth-order valence-corrected chi connectivity index (χ4v) is 2.84. The largest absolute Gasteiger partial charge is 0.444 e. The highest BCUT2D eigenvalue weighted by atomic mass is 79.9. The maximum Gasteiger partial charge on any atom is 0.287 e. The lowest BCUT2D eigenvalue weighted by Crippen LogP contribution is -2.32. The van der Waals surface area contributed by atoms with Crippen LogP contribution in [-0.2, 0) is 4.79 Å². The molecule has 0 saturated carbocycles. The fraction of sp³-hybridized carbons (Fsp3) is 0.0667. The van der Waals surface area contributed by atoms with Gasteiger partial charge in [-0.15, -0.1) is 11.3 Å². The number of thiazole rings is 1. The van der Waals surface area contributed by atoms with Gasteiger partial charge < -0.3 is 15.1 Å². The van der Waals surface area contributed by atoms with Gasteiger partial charge in [0.15, 0.2) is 15.6 Å². The number of pyridine rings is 1. The van der Waals surface area contributed by atoms with Crippen molar-refractivity contribution in [1.29, 1.82) is 0 Å². The van der Waals surface area contributed by atoms with E-state index in [1.807, 2.05) is 18.2 Å². The van der Waals surface area contributed by atoms with Crippen LogP contribution >= 0.6 is 27.3 Å². The van der Waals surface area contributed by atoms with Crippen LogP contribution in [0.2, 0.25) is 0 Å². The number of nitrogens with zero attached hydrogens (tertiary/aromatic N) is 2. The van der Waals surface area contributed by atoms with Crippen molar-refractivity contribution in [1.82, 2.24) is 15.3 Å². The van der Waals surface area contributed by atoms with Gasteiger partial charge in [-0.1, -0.05) is 6.07 Å². The molecule has 0 saturated heterocycles. The Labute approximate surface area is 149 Å². The average molecular weight is 407 g/mol. The van der Waals surface area contributed by atoms with Crippen molar-refractivity contribution in [2.45, 2.75) is 0 Å². The Morgan fingerprint density at radius 1 is 1.21 bits per heavy atom. The van der Waals surface area contributed by atoms with Crippen LogP contribution in [0.15, 0.2) is 51.0 Å². The number of rotatable bonds is 5. The van der Waals surface area contributed by atoms with E-state index < -0.39 is 5.91 Å². The standard InChI is InChI=1S/C15H11BrN4O3S/c16-12-5-4-11(23-12)14(22)18-7-13(21)20-15-19-10(8-24-15)9-3-1-2-6-17-9/h1-6,8H,7H2,(H,18,22)(H,19,20,21). The molecule has 7 nitrogen and oxygen atoms in total. The zero-order valence-electron chi connectivity index (χ0n) is 12.2. The minimum absolute atomic E-state index is 0.126. The minimum Gasteiger partial charge on any atom is -0.444 e. The lowest BCUT2D eigenvalue weighted by Gasteiger charge is -2.03. The molecule has 3 aromatic heterocycles. The van der Waals surface area contributed by atoms with Crippen molar-refractivity contribution in [2.24, 2.45) is 0 Å². The maximum absolute atomic E-state index is 11.9. The highest BCUT2D eigenvalue weighted by Gasteiger charge is 2.13. The molecule has 122 valence electrons. The van der Waals surface area contributed by atoms with Gasteiger partial charge in [0.25, 0.3) is 5.91 Å². The van der Waals surface area contributed by atoms with E-state index in [0.29, 0.717) is 15.5 Å². The highest BCUT2D eigenvalue weighted by Crippen LogP contribution is 2.22. The smallest absolute Gasteiger partial charge is 0.287 e. The lowest BCUT2D eigenvalue weighted by molar-refractivity contribution is -0.115. The molecule has 9 heteroatoms. The van der Waals surface area contributed by atoms with E-state index in [2.05, 4.69) is 36.5 Å². The Hall–Kier alpha value is -2.52. The second kappa shape index (κ2) is 7.37. The van der Waals surface area contributed by atoms with Crippen molar-refractivity contribution in [3.8, 4) is 11.4 Å². The van der Waals surface area contributed by atoms with E-state index in [-0.39, 0.29) is 18.2 Å². The topological polar surface area (TPSA) is 97.1 Å². The monoisotopic (exact) mass is 406 g/mol. The van der Waals surface area contributed by atoms with Crippen molar-refractivity contribution in [3.63, 3.8) is 0 Å². The highest BCUT2D eigenvalue weighted by molar-refractivity contribution is 9.10. The number of aromatic nitrogens is 2. The van der Waals surface area contributed by atoms with Gasteiger partial charge in [0.1, 0.15) is 5.69 Å². The van der Waals surface area contributed by atoms with Gasteiger partial charge in [0, 0.05) is 11.6 Å². The molecule has 3 aromatic rings. The molecule has 3 rings (SSSR count). The SMILES string of the molecule is O=C(CNC(=O)c1ccc(Br)o1)Nc1nc(-c2ccccn2)cs1. The first kappa shape index (κ1) is 16.3. The molecule has 0 atom stereocenters. The summed E-state index contributed by atoms with van der Waals surface area (Å²) in [6, 6.07) is 8.63. The van der Waals surface area contributed by atoms with E-state index in [1.54, 1.807) is 17.6 Å². The van der Waals surface area contributed by atoms with Crippen LogP contribution in [0.3, 0.4) is 0 Å². The number of furan rings is 1. The summed E-state index contributed by atoms with van der Waals surface area (Å²) in [4.78, 5) is 32.2. The number of carbonyl (C=O) groups excluding carboxylic acids is 2. The number of halogens is 1. The minimum atomic E-state index is -0.468. The third-order valence-corrected chi connectivity index (χ3v) is 4.07. The Morgan fingerprint density at radius 2 is 2.08 bits per heavy atom. The van der Waals surface area contributed by atoms with E-state index in [1.165, 1.54) is 17.4 Å². The molecule has 0 aliphatic heterocycles. The number of nitrogens with one attached hydrogen (secondary N) is 2. The molecule has 0 radical (unpaired) electrons. The van der Waals surface area contributed by atoms with Crippen molar-refractivity contribution in [3.05, 3.63) is 52.3 Å². The van der Waals surface area contributed by atoms with Gasteiger partial charge in [-0.2, -0.15) is 0 Å². The molecule has 24 heavy (non-hydrogen) atoms. The number of amides is 2. The molecule has 0 bridgehead atoms. The summed E-state index contributed by atoms with van der Waals surface area (Å²) in [7, 11) is 0. The van der Waals surface area contributed by atoms with Gasteiger partial charge >= 0.3 is 0 Å². The van der Waals surface area contributed by atoms with Gasteiger partial charge in [0.05, 0.1) is 12.2 Å². The van der Waals surface area contributed by atoms with Crippen molar-refractivity contribution in [2.75, 3.05) is 11.9 Å². The maximum atomic E-state index is 11.9. The predicted octanol–water partition coefficient (Wildman–Crippen LogP) is 2.93. The Balaban J connectivity index is 1.54. The van der Waals surface area contributed by atoms with E-state index in [4.69, 9.17) is 4.42 Å². The molecule has 2 N–H and O–H groups in total. The summed E-state index contributed by atoms with van der Waals surface area (Å²) in [5.41, 5.74) is 1.41.